The molecule has 4 heteroatoms. The van der Waals surface area contributed by atoms with Crippen molar-refractivity contribution in [3.63, 3.8) is 0 Å². The Morgan fingerprint density at radius 2 is 2.31 bits per heavy atom. The highest BCUT2D eigenvalue weighted by Gasteiger charge is 2.25. The lowest BCUT2D eigenvalue weighted by Crippen LogP contribution is -2.44. The molecule has 2 atom stereocenters. The molecule has 0 bridgehead atoms. The normalized spacial score (nSPS) is 26.7. The standard InChI is InChI=1S/C12H23NO3/c1-3-4-7-16-12(15)9-13-6-5-11(14)10(2)8-13/h10-11,14H,3-9H2,1-2H3. The van der Waals surface area contributed by atoms with E-state index in [2.05, 4.69) is 11.8 Å². The number of piperidine rings is 1. The van der Waals surface area contributed by atoms with Crippen LogP contribution < -0.4 is 0 Å². The van der Waals surface area contributed by atoms with E-state index in [0.717, 1.165) is 32.4 Å². The van der Waals surface area contributed by atoms with Crippen LogP contribution in [0, 0.1) is 5.92 Å². The molecule has 1 aliphatic heterocycles. The molecular formula is C12H23NO3. The minimum atomic E-state index is -0.215. The van der Waals surface area contributed by atoms with Gasteiger partial charge in [0.2, 0.25) is 0 Å². The number of likely N-dealkylation sites (tertiary alicyclic amines) is 1. The maximum atomic E-state index is 11.4. The Balaban J connectivity index is 2.19. The predicted molar refractivity (Wildman–Crippen MR) is 62.1 cm³/mol. The van der Waals surface area contributed by atoms with E-state index in [1.54, 1.807) is 0 Å². The second kappa shape index (κ2) is 6.86. The summed E-state index contributed by atoms with van der Waals surface area (Å²) in [6.45, 7) is 6.54. The summed E-state index contributed by atoms with van der Waals surface area (Å²) in [5.74, 6) is 0.106. The number of aliphatic hydroxyl groups is 1. The first kappa shape index (κ1) is 13.5. The van der Waals surface area contributed by atoms with E-state index in [0.29, 0.717) is 13.2 Å². The predicted octanol–water partition coefficient (Wildman–Crippen LogP) is 1.03. The second-order valence-electron chi connectivity index (χ2n) is 4.64. The minimum absolute atomic E-state index is 0.142. The van der Waals surface area contributed by atoms with Crippen LogP contribution in [0.15, 0.2) is 0 Å². The van der Waals surface area contributed by atoms with Crippen molar-refractivity contribution in [1.82, 2.24) is 4.90 Å². The number of carbonyl (C=O) groups excluding carboxylic acids is 1. The van der Waals surface area contributed by atoms with Gasteiger partial charge in [0.15, 0.2) is 0 Å². The zero-order chi connectivity index (χ0) is 12.0. The highest BCUT2D eigenvalue weighted by Crippen LogP contribution is 2.16. The van der Waals surface area contributed by atoms with Crippen LogP contribution in [0.25, 0.3) is 0 Å². The van der Waals surface area contributed by atoms with Crippen molar-refractivity contribution in [3.05, 3.63) is 0 Å². The Morgan fingerprint density at radius 1 is 1.56 bits per heavy atom. The van der Waals surface area contributed by atoms with Gasteiger partial charge in [0.25, 0.3) is 0 Å². The average molecular weight is 229 g/mol. The molecule has 1 saturated heterocycles. The molecule has 0 radical (unpaired) electrons. The molecule has 1 heterocycles. The number of esters is 1. The van der Waals surface area contributed by atoms with E-state index in [1.165, 1.54) is 0 Å². The maximum Gasteiger partial charge on any atom is 0.320 e. The van der Waals surface area contributed by atoms with Crippen LogP contribution >= 0.6 is 0 Å². The van der Waals surface area contributed by atoms with Crippen molar-refractivity contribution >= 4 is 5.97 Å². The molecule has 0 amide bonds. The van der Waals surface area contributed by atoms with Gasteiger partial charge in [-0.25, -0.2) is 0 Å². The zero-order valence-electron chi connectivity index (χ0n) is 10.3. The fourth-order valence-electron chi connectivity index (χ4n) is 1.92. The fraction of sp³-hybridized carbons (Fsp3) is 0.917. The van der Waals surface area contributed by atoms with Crippen LogP contribution in [0.5, 0.6) is 0 Å². The molecule has 0 aromatic rings. The third-order valence-corrected chi connectivity index (χ3v) is 3.06. The van der Waals surface area contributed by atoms with Crippen molar-refractivity contribution in [2.45, 2.75) is 39.2 Å². The third-order valence-electron chi connectivity index (χ3n) is 3.06. The molecule has 0 aromatic carbocycles. The monoisotopic (exact) mass is 229 g/mol. The first-order valence-electron chi connectivity index (χ1n) is 6.19. The quantitative estimate of drug-likeness (QED) is 0.565. The van der Waals surface area contributed by atoms with E-state index < -0.39 is 0 Å². The molecule has 0 aromatic heterocycles. The molecule has 1 aliphatic rings. The van der Waals surface area contributed by atoms with Gasteiger partial charge in [-0.1, -0.05) is 20.3 Å². The Kier molecular flexibility index (Phi) is 5.77. The number of carbonyl (C=O) groups is 1. The van der Waals surface area contributed by atoms with E-state index in [4.69, 9.17) is 4.74 Å². The fourth-order valence-corrected chi connectivity index (χ4v) is 1.92. The second-order valence-corrected chi connectivity index (χ2v) is 4.64. The van der Waals surface area contributed by atoms with Gasteiger partial charge in [-0.2, -0.15) is 0 Å². The van der Waals surface area contributed by atoms with Crippen LogP contribution in [-0.4, -0.2) is 48.3 Å². The zero-order valence-corrected chi connectivity index (χ0v) is 10.3. The summed E-state index contributed by atoms with van der Waals surface area (Å²) in [4.78, 5) is 13.5. The first-order chi connectivity index (χ1) is 7.63. The van der Waals surface area contributed by atoms with Gasteiger partial charge in [-0.05, 0) is 18.8 Å². The van der Waals surface area contributed by atoms with Gasteiger partial charge in [-0.3, -0.25) is 9.69 Å². The van der Waals surface area contributed by atoms with Gasteiger partial charge in [0, 0.05) is 13.1 Å². The minimum Gasteiger partial charge on any atom is -0.465 e. The van der Waals surface area contributed by atoms with Gasteiger partial charge in [0.05, 0.1) is 19.3 Å². The van der Waals surface area contributed by atoms with Crippen molar-refractivity contribution in [3.8, 4) is 0 Å². The topological polar surface area (TPSA) is 49.8 Å². The van der Waals surface area contributed by atoms with Crippen LogP contribution in [0.2, 0.25) is 0 Å². The van der Waals surface area contributed by atoms with Gasteiger partial charge in [0.1, 0.15) is 0 Å². The Labute approximate surface area is 97.6 Å². The summed E-state index contributed by atoms with van der Waals surface area (Å²) in [5, 5.41) is 9.56. The van der Waals surface area contributed by atoms with Crippen LogP contribution in [0.4, 0.5) is 0 Å². The smallest absolute Gasteiger partial charge is 0.320 e. The Morgan fingerprint density at radius 3 is 2.94 bits per heavy atom. The molecule has 1 N–H and O–H groups in total. The van der Waals surface area contributed by atoms with Crippen LogP contribution in [0.3, 0.4) is 0 Å². The summed E-state index contributed by atoms with van der Waals surface area (Å²) in [5.41, 5.74) is 0. The largest absolute Gasteiger partial charge is 0.465 e. The first-order valence-corrected chi connectivity index (χ1v) is 6.19. The number of nitrogens with zero attached hydrogens (tertiary/aromatic N) is 1. The van der Waals surface area contributed by atoms with Crippen molar-refractivity contribution in [1.29, 1.82) is 0 Å². The molecule has 0 aliphatic carbocycles. The maximum absolute atomic E-state index is 11.4. The van der Waals surface area contributed by atoms with Crippen LogP contribution in [-0.2, 0) is 9.53 Å². The van der Waals surface area contributed by atoms with Gasteiger partial charge >= 0.3 is 5.97 Å². The highest BCUT2D eigenvalue weighted by atomic mass is 16.5. The lowest BCUT2D eigenvalue weighted by Gasteiger charge is -2.33. The SMILES string of the molecule is CCCCOC(=O)CN1CCC(O)C(C)C1. The lowest BCUT2D eigenvalue weighted by molar-refractivity contribution is -0.146. The van der Waals surface area contributed by atoms with E-state index in [-0.39, 0.29) is 18.0 Å². The Hall–Kier alpha value is -0.610. The van der Waals surface area contributed by atoms with Gasteiger partial charge < -0.3 is 9.84 Å². The van der Waals surface area contributed by atoms with E-state index >= 15 is 0 Å². The summed E-state index contributed by atoms with van der Waals surface area (Å²) in [6.07, 6.45) is 2.51. The molecule has 4 nitrogen and oxygen atoms in total. The lowest BCUT2D eigenvalue weighted by atomic mass is 9.97. The molecular weight excluding hydrogens is 206 g/mol. The van der Waals surface area contributed by atoms with E-state index in [9.17, 15) is 9.90 Å². The summed E-state index contributed by atoms with van der Waals surface area (Å²) in [6, 6.07) is 0. The van der Waals surface area contributed by atoms with Gasteiger partial charge in [-0.15, -0.1) is 0 Å². The summed E-state index contributed by atoms with van der Waals surface area (Å²) >= 11 is 0. The molecule has 16 heavy (non-hydrogen) atoms. The molecule has 94 valence electrons. The Bertz CT molecular complexity index is 220. The number of aliphatic hydroxyl groups excluding tert-OH is 1. The average Bonchev–Trinajstić information content (AvgIpc) is 2.24. The molecule has 1 rings (SSSR count). The number of ether oxygens (including phenoxy) is 1. The number of hydrogen-bond acceptors (Lipinski definition) is 4. The summed E-state index contributed by atoms with van der Waals surface area (Å²) < 4.78 is 5.10. The molecule has 2 unspecified atom stereocenters. The molecule has 1 fully saturated rings. The van der Waals surface area contributed by atoms with Crippen molar-refractivity contribution < 1.29 is 14.6 Å². The molecule has 0 saturated carbocycles. The third kappa shape index (κ3) is 4.49. The number of hydrogen-bond donors (Lipinski definition) is 1. The number of rotatable bonds is 5. The van der Waals surface area contributed by atoms with Crippen molar-refractivity contribution in [2.75, 3.05) is 26.2 Å². The van der Waals surface area contributed by atoms with Crippen molar-refractivity contribution in [2.24, 2.45) is 5.92 Å². The molecule has 0 spiro atoms. The van der Waals surface area contributed by atoms with E-state index in [1.807, 2.05) is 6.92 Å². The van der Waals surface area contributed by atoms with Crippen LogP contribution in [0.1, 0.15) is 33.1 Å². The summed E-state index contributed by atoms with van der Waals surface area (Å²) in [7, 11) is 0. The number of unbranched alkanes of at least 4 members (excludes halogenated alkanes) is 1. The highest BCUT2D eigenvalue weighted by molar-refractivity contribution is 5.71.